The van der Waals surface area contributed by atoms with Gasteiger partial charge >= 0.3 is 0 Å². The Bertz CT molecular complexity index is 533. The van der Waals surface area contributed by atoms with E-state index in [4.69, 9.17) is 4.52 Å². The van der Waals surface area contributed by atoms with Crippen LogP contribution in [0.15, 0.2) is 24.0 Å². The topological polar surface area (TPSA) is 49.8 Å². The summed E-state index contributed by atoms with van der Waals surface area (Å²) in [5.41, 5.74) is -1.41. The van der Waals surface area contributed by atoms with Gasteiger partial charge in [0, 0.05) is 17.9 Å². The lowest BCUT2D eigenvalue weighted by atomic mass is 9.88. The molecule has 1 N–H and O–H groups in total. The minimum Gasteiger partial charge on any atom is -0.385 e. The molecule has 1 heterocycles. The normalized spacial score (nSPS) is 35.7. The molecule has 0 aromatic rings. The maximum Gasteiger partial charge on any atom is 0.295 e. The van der Waals surface area contributed by atoms with E-state index in [9.17, 15) is 9.67 Å². The van der Waals surface area contributed by atoms with Gasteiger partial charge in [-0.2, -0.15) is 0 Å². The van der Waals surface area contributed by atoms with Crippen LogP contribution in [0.25, 0.3) is 0 Å². The highest BCUT2D eigenvalue weighted by atomic mass is 31.2. The second-order valence-electron chi connectivity index (χ2n) is 8.45. The third-order valence-corrected chi connectivity index (χ3v) is 7.40. The number of hydrogen-bond donors (Lipinski definition) is 1. The molecule has 2 aliphatic rings. The van der Waals surface area contributed by atoms with Crippen LogP contribution < -0.4 is 0 Å². The summed E-state index contributed by atoms with van der Waals surface area (Å²) < 4.78 is 21.5. The molecule has 0 radical (unpaired) electrons. The lowest BCUT2D eigenvalue weighted by Crippen LogP contribution is -2.46. The van der Waals surface area contributed by atoms with E-state index in [-0.39, 0.29) is 11.1 Å². The summed E-state index contributed by atoms with van der Waals surface area (Å²) in [6.45, 7) is 10.9. The van der Waals surface area contributed by atoms with Crippen LogP contribution in [0, 0.1) is 0 Å². The number of nitrogens with zero attached hydrogens (tertiary/aromatic N) is 1. The highest BCUT2D eigenvalue weighted by Crippen LogP contribution is 2.61. The third kappa shape index (κ3) is 4.79. The molecule has 0 aromatic heterocycles. The van der Waals surface area contributed by atoms with E-state index in [1.807, 2.05) is 36.7 Å². The van der Waals surface area contributed by atoms with Crippen molar-refractivity contribution in [3.63, 3.8) is 0 Å². The Morgan fingerprint density at radius 2 is 2.04 bits per heavy atom. The zero-order valence-electron chi connectivity index (χ0n) is 15.2. The van der Waals surface area contributed by atoms with Crippen molar-refractivity contribution in [2.45, 2.75) is 83.5 Å². The van der Waals surface area contributed by atoms with Crippen molar-refractivity contribution in [3.8, 4) is 0 Å². The molecule has 2 rings (SSSR count). The average Bonchev–Trinajstić information content (AvgIpc) is 2.35. The summed E-state index contributed by atoms with van der Waals surface area (Å²) in [7, 11) is -3.05. The second-order valence-corrected chi connectivity index (χ2v) is 10.5. The smallest absolute Gasteiger partial charge is 0.295 e. The van der Waals surface area contributed by atoms with Crippen LogP contribution in [0.5, 0.6) is 0 Å². The minimum absolute atomic E-state index is 0.224. The largest absolute Gasteiger partial charge is 0.385 e. The summed E-state index contributed by atoms with van der Waals surface area (Å²) in [5.74, 6) is 1.71. The highest BCUT2D eigenvalue weighted by Gasteiger charge is 2.45. The van der Waals surface area contributed by atoms with Crippen LogP contribution in [0.3, 0.4) is 0 Å². The zero-order chi connectivity index (χ0) is 17.4. The Morgan fingerprint density at radius 1 is 1.35 bits per heavy atom. The molecule has 0 spiro atoms. The molecule has 4 nitrogen and oxygen atoms in total. The summed E-state index contributed by atoms with van der Waals surface area (Å²) >= 11 is 0. The fraction of sp³-hybridized carbons (Fsp3) is 0.778. The van der Waals surface area contributed by atoms with Crippen LogP contribution in [-0.2, 0) is 9.09 Å². The van der Waals surface area contributed by atoms with Crippen molar-refractivity contribution < 1.29 is 14.2 Å². The van der Waals surface area contributed by atoms with Gasteiger partial charge in [-0.3, -0.25) is 4.57 Å². The van der Waals surface area contributed by atoms with E-state index >= 15 is 0 Å². The average molecular weight is 341 g/mol. The quantitative estimate of drug-likeness (QED) is 0.589. The molecule has 0 bridgehead atoms. The molecule has 1 fully saturated rings. The number of aliphatic hydroxyl groups is 1. The predicted molar refractivity (Wildman–Crippen MR) is 95.5 cm³/mol. The highest BCUT2D eigenvalue weighted by molar-refractivity contribution is 7.59. The van der Waals surface area contributed by atoms with E-state index in [2.05, 4.69) is 20.8 Å². The standard InChI is InChI=1S/C18H32NO3P/c1-16(2,3)19-14-13-17(4,5)22-23(19,21)15-9-12-18(20)10-7-6-8-11-18/h7,9-10,15,20H,6,8,11-14H2,1-5H3/b15-9+. The van der Waals surface area contributed by atoms with Gasteiger partial charge in [0.15, 0.2) is 0 Å². The minimum atomic E-state index is -3.05. The van der Waals surface area contributed by atoms with Crippen molar-refractivity contribution in [2.24, 2.45) is 0 Å². The van der Waals surface area contributed by atoms with Gasteiger partial charge in [-0.1, -0.05) is 18.2 Å². The summed E-state index contributed by atoms with van der Waals surface area (Å²) in [4.78, 5) is 0. The lowest BCUT2D eigenvalue weighted by molar-refractivity contribution is 0.0349. The Balaban J connectivity index is 2.18. The first-order chi connectivity index (χ1) is 10.5. The number of hydrogen-bond acceptors (Lipinski definition) is 3. The molecule has 1 saturated heterocycles. The van der Waals surface area contributed by atoms with Crippen LogP contribution in [0.2, 0.25) is 0 Å². The van der Waals surface area contributed by atoms with E-state index in [0.717, 1.165) is 32.2 Å². The fourth-order valence-corrected chi connectivity index (χ4v) is 6.01. The van der Waals surface area contributed by atoms with Crippen LogP contribution in [0.1, 0.15) is 66.7 Å². The van der Waals surface area contributed by atoms with Gasteiger partial charge in [-0.15, -0.1) is 0 Å². The molecule has 0 aromatic carbocycles. The van der Waals surface area contributed by atoms with Gasteiger partial charge in [-0.05, 0) is 66.7 Å². The van der Waals surface area contributed by atoms with Crippen molar-refractivity contribution in [3.05, 3.63) is 24.0 Å². The predicted octanol–water partition coefficient (Wildman–Crippen LogP) is 4.85. The van der Waals surface area contributed by atoms with Crippen LogP contribution >= 0.6 is 7.52 Å². The molecule has 23 heavy (non-hydrogen) atoms. The van der Waals surface area contributed by atoms with Crippen molar-refractivity contribution >= 4 is 7.52 Å². The SMILES string of the molecule is CC1(C)CCN(C(C)(C)C)P(=O)(/C=C/CC2(O)C=CCCC2)O1. The summed E-state index contributed by atoms with van der Waals surface area (Å²) in [6.07, 6.45) is 9.87. The Kier molecular flexibility index (Phi) is 5.33. The molecule has 2 unspecified atom stereocenters. The molecule has 2 atom stereocenters. The van der Waals surface area contributed by atoms with Gasteiger partial charge in [-0.25, -0.2) is 4.67 Å². The summed E-state index contributed by atoms with van der Waals surface area (Å²) in [5, 5.41) is 10.5. The molecule has 132 valence electrons. The van der Waals surface area contributed by atoms with E-state index in [0.29, 0.717) is 6.42 Å². The van der Waals surface area contributed by atoms with Gasteiger partial charge in [0.25, 0.3) is 7.52 Å². The number of rotatable bonds is 3. The maximum atomic E-state index is 13.5. The van der Waals surface area contributed by atoms with Gasteiger partial charge in [0.2, 0.25) is 0 Å². The van der Waals surface area contributed by atoms with Gasteiger partial charge < -0.3 is 9.63 Å². The molecule has 5 heteroatoms. The molecule has 0 amide bonds. The Morgan fingerprint density at radius 3 is 2.61 bits per heavy atom. The molecular weight excluding hydrogens is 309 g/mol. The molecule has 1 aliphatic heterocycles. The Labute approximate surface area is 141 Å². The van der Waals surface area contributed by atoms with E-state index < -0.39 is 13.1 Å². The monoisotopic (exact) mass is 341 g/mol. The first kappa shape index (κ1) is 18.9. The number of allylic oxidation sites excluding steroid dienone is 1. The molecular formula is C18H32NO3P. The molecule has 1 aliphatic carbocycles. The van der Waals surface area contributed by atoms with Crippen LogP contribution in [0.4, 0.5) is 0 Å². The second kappa shape index (κ2) is 6.48. The first-order valence-corrected chi connectivity index (χ1v) is 10.3. The van der Waals surface area contributed by atoms with E-state index in [1.54, 1.807) is 5.82 Å². The van der Waals surface area contributed by atoms with E-state index in [1.165, 1.54) is 0 Å². The van der Waals surface area contributed by atoms with Gasteiger partial charge in [0.1, 0.15) is 0 Å². The fourth-order valence-electron chi connectivity index (χ4n) is 3.30. The van der Waals surface area contributed by atoms with Gasteiger partial charge in [0.05, 0.1) is 11.2 Å². The van der Waals surface area contributed by atoms with Crippen molar-refractivity contribution in [1.82, 2.24) is 4.67 Å². The summed E-state index contributed by atoms with van der Waals surface area (Å²) in [6, 6.07) is 0. The third-order valence-electron chi connectivity index (χ3n) is 4.59. The lowest BCUT2D eigenvalue weighted by Gasteiger charge is -2.47. The van der Waals surface area contributed by atoms with Crippen molar-refractivity contribution in [1.29, 1.82) is 0 Å². The zero-order valence-corrected chi connectivity index (χ0v) is 16.1. The molecule has 0 saturated carbocycles. The van der Waals surface area contributed by atoms with Crippen molar-refractivity contribution in [2.75, 3.05) is 6.54 Å². The Hall–Kier alpha value is -0.410. The first-order valence-electron chi connectivity index (χ1n) is 8.62. The maximum absolute atomic E-state index is 13.5. The van der Waals surface area contributed by atoms with Crippen LogP contribution in [-0.4, -0.2) is 33.1 Å².